The molecule has 0 aromatic carbocycles. The molecule has 0 radical (unpaired) electrons. The molecule has 2 atom stereocenters. The number of rotatable bonds is 4. The normalized spacial score (nSPS) is 21.2. The lowest BCUT2D eigenvalue weighted by molar-refractivity contribution is -0.122. The Balaban J connectivity index is 2.33. The highest BCUT2D eigenvalue weighted by molar-refractivity contribution is 5.77. The fourth-order valence-electron chi connectivity index (χ4n) is 2.39. The van der Waals surface area contributed by atoms with E-state index in [9.17, 15) is 4.79 Å². The second-order valence-corrected chi connectivity index (χ2v) is 6.58. The molecule has 1 rings (SSSR count). The fraction of sp³-hybridized carbons (Fsp3) is 0.929. The number of nitrogens with one attached hydrogen (secondary N) is 1. The van der Waals surface area contributed by atoms with Gasteiger partial charge in [0.1, 0.15) is 0 Å². The minimum atomic E-state index is -0.0710. The van der Waals surface area contributed by atoms with Gasteiger partial charge in [-0.2, -0.15) is 0 Å². The van der Waals surface area contributed by atoms with Gasteiger partial charge in [-0.05, 0) is 31.1 Å². The first kappa shape index (κ1) is 14.5. The lowest BCUT2D eigenvalue weighted by Gasteiger charge is -2.28. The number of amides is 1. The monoisotopic (exact) mass is 240 g/mol. The van der Waals surface area contributed by atoms with Gasteiger partial charge in [0.25, 0.3) is 0 Å². The highest BCUT2D eigenvalue weighted by atomic mass is 16.1. The Morgan fingerprint density at radius 2 is 1.88 bits per heavy atom. The Labute approximate surface area is 106 Å². The highest BCUT2D eigenvalue weighted by Gasteiger charge is 2.26. The van der Waals surface area contributed by atoms with Crippen LogP contribution in [0.1, 0.15) is 59.8 Å². The van der Waals surface area contributed by atoms with Gasteiger partial charge in [0, 0.05) is 18.5 Å². The van der Waals surface area contributed by atoms with E-state index >= 15 is 0 Å². The molecule has 0 aliphatic heterocycles. The van der Waals surface area contributed by atoms with Crippen LogP contribution < -0.4 is 11.1 Å². The summed E-state index contributed by atoms with van der Waals surface area (Å²) in [5.74, 6) is 0.775. The van der Waals surface area contributed by atoms with Gasteiger partial charge in [0.15, 0.2) is 0 Å². The van der Waals surface area contributed by atoms with E-state index in [0.29, 0.717) is 18.4 Å². The molecule has 3 nitrogen and oxygen atoms in total. The van der Waals surface area contributed by atoms with Crippen LogP contribution in [0.3, 0.4) is 0 Å². The van der Waals surface area contributed by atoms with Crippen molar-refractivity contribution in [1.82, 2.24) is 5.32 Å². The van der Waals surface area contributed by atoms with Gasteiger partial charge < -0.3 is 11.1 Å². The summed E-state index contributed by atoms with van der Waals surface area (Å²) in [6.07, 6.45) is 5.57. The maximum atomic E-state index is 11.9. The number of nitrogens with two attached hydrogens (primary N) is 1. The summed E-state index contributed by atoms with van der Waals surface area (Å²) in [6, 6.07) is 0.232. The molecular formula is C14H28N2O. The van der Waals surface area contributed by atoms with Crippen LogP contribution in [0.25, 0.3) is 0 Å². The second kappa shape index (κ2) is 5.85. The largest absolute Gasteiger partial charge is 0.353 e. The maximum Gasteiger partial charge on any atom is 0.221 e. The second-order valence-electron chi connectivity index (χ2n) is 6.58. The van der Waals surface area contributed by atoms with Crippen LogP contribution in [0.4, 0.5) is 0 Å². The zero-order valence-corrected chi connectivity index (χ0v) is 11.8. The Bertz CT molecular complexity index is 251. The van der Waals surface area contributed by atoms with Crippen LogP contribution >= 0.6 is 0 Å². The summed E-state index contributed by atoms with van der Waals surface area (Å²) in [5, 5.41) is 3.11. The third-order valence-corrected chi connectivity index (χ3v) is 4.01. The molecule has 0 saturated heterocycles. The lowest BCUT2D eigenvalue weighted by atomic mass is 9.85. The topological polar surface area (TPSA) is 55.1 Å². The Kier molecular flexibility index (Phi) is 4.99. The van der Waals surface area contributed by atoms with Gasteiger partial charge in [-0.25, -0.2) is 0 Å². The molecule has 0 heterocycles. The minimum absolute atomic E-state index is 0.00602. The van der Waals surface area contributed by atoms with Crippen molar-refractivity contribution in [3.63, 3.8) is 0 Å². The van der Waals surface area contributed by atoms with E-state index in [4.69, 9.17) is 5.73 Å². The summed E-state index contributed by atoms with van der Waals surface area (Å²) >= 11 is 0. The summed E-state index contributed by atoms with van der Waals surface area (Å²) in [6.45, 7) is 8.35. The Morgan fingerprint density at radius 3 is 2.35 bits per heavy atom. The molecule has 0 aromatic heterocycles. The molecule has 0 bridgehead atoms. The molecule has 1 aliphatic carbocycles. The van der Waals surface area contributed by atoms with Crippen LogP contribution in [-0.4, -0.2) is 18.0 Å². The number of hydrogen-bond acceptors (Lipinski definition) is 2. The SMILES string of the molecule is C[C@H](NC(=O)CC(N)C(C)(C)C)C1CCCC1. The van der Waals surface area contributed by atoms with E-state index in [1.807, 2.05) is 0 Å². The molecular weight excluding hydrogens is 212 g/mol. The van der Waals surface area contributed by atoms with Gasteiger partial charge in [-0.1, -0.05) is 33.6 Å². The Hall–Kier alpha value is -0.570. The maximum absolute atomic E-state index is 11.9. The van der Waals surface area contributed by atoms with Crippen molar-refractivity contribution in [2.45, 2.75) is 71.9 Å². The summed E-state index contributed by atoms with van der Waals surface area (Å²) < 4.78 is 0. The molecule has 3 heteroatoms. The van der Waals surface area contributed by atoms with Crippen molar-refractivity contribution in [3.05, 3.63) is 0 Å². The average Bonchev–Trinajstić information content (AvgIpc) is 2.68. The molecule has 0 aromatic rings. The fourth-order valence-corrected chi connectivity index (χ4v) is 2.39. The molecule has 1 fully saturated rings. The van der Waals surface area contributed by atoms with Crippen LogP contribution in [-0.2, 0) is 4.79 Å². The van der Waals surface area contributed by atoms with Crippen LogP contribution in [0.15, 0.2) is 0 Å². The predicted octanol–water partition coefficient (Wildman–Crippen LogP) is 2.44. The van der Waals surface area contributed by atoms with E-state index in [1.165, 1.54) is 25.7 Å². The predicted molar refractivity (Wildman–Crippen MR) is 71.6 cm³/mol. The van der Waals surface area contributed by atoms with E-state index in [1.54, 1.807) is 0 Å². The van der Waals surface area contributed by atoms with Crippen molar-refractivity contribution in [1.29, 1.82) is 0 Å². The van der Waals surface area contributed by atoms with E-state index < -0.39 is 0 Å². The van der Waals surface area contributed by atoms with Crippen LogP contribution in [0.2, 0.25) is 0 Å². The summed E-state index contributed by atoms with van der Waals surface area (Å²) in [7, 11) is 0. The minimum Gasteiger partial charge on any atom is -0.353 e. The third-order valence-electron chi connectivity index (χ3n) is 4.01. The van der Waals surface area contributed by atoms with Gasteiger partial charge >= 0.3 is 0 Å². The molecule has 100 valence electrons. The molecule has 1 amide bonds. The molecule has 1 unspecified atom stereocenters. The van der Waals surface area contributed by atoms with Gasteiger partial charge in [0.05, 0.1) is 0 Å². The first-order valence-corrected chi connectivity index (χ1v) is 6.85. The highest BCUT2D eigenvalue weighted by Crippen LogP contribution is 2.27. The standard InChI is InChI=1S/C14H28N2O/c1-10(11-7-5-6-8-11)16-13(17)9-12(15)14(2,3)4/h10-12H,5-9,15H2,1-4H3,(H,16,17)/t10-,12?/m0/s1. The van der Waals surface area contributed by atoms with Gasteiger partial charge in [-0.15, -0.1) is 0 Å². The van der Waals surface area contributed by atoms with Crippen molar-refractivity contribution < 1.29 is 4.79 Å². The molecule has 0 spiro atoms. The zero-order chi connectivity index (χ0) is 13.1. The van der Waals surface area contributed by atoms with E-state index in [2.05, 4.69) is 33.0 Å². The van der Waals surface area contributed by atoms with Crippen LogP contribution in [0.5, 0.6) is 0 Å². The first-order chi connectivity index (χ1) is 7.80. The van der Waals surface area contributed by atoms with E-state index in [0.717, 1.165) is 0 Å². The summed E-state index contributed by atoms with van der Waals surface area (Å²) in [5.41, 5.74) is 6.01. The van der Waals surface area contributed by atoms with Gasteiger partial charge in [0.2, 0.25) is 5.91 Å². The average molecular weight is 240 g/mol. The van der Waals surface area contributed by atoms with Crippen LogP contribution in [0, 0.1) is 11.3 Å². The lowest BCUT2D eigenvalue weighted by Crippen LogP contribution is -2.43. The van der Waals surface area contributed by atoms with Crippen molar-refractivity contribution in [2.24, 2.45) is 17.1 Å². The van der Waals surface area contributed by atoms with Crippen molar-refractivity contribution in [2.75, 3.05) is 0 Å². The molecule has 17 heavy (non-hydrogen) atoms. The van der Waals surface area contributed by atoms with Crippen molar-refractivity contribution >= 4 is 5.91 Å². The zero-order valence-electron chi connectivity index (χ0n) is 11.8. The number of carbonyl (C=O) groups is 1. The number of carbonyl (C=O) groups excluding carboxylic acids is 1. The third kappa shape index (κ3) is 4.66. The summed E-state index contributed by atoms with van der Waals surface area (Å²) in [4.78, 5) is 11.9. The quantitative estimate of drug-likeness (QED) is 0.793. The molecule has 1 saturated carbocycles. The molecule has 1 aliphatic rings. The van der Waals surface area contributed by atoms with Gasteiger partial charge in [-0.3, -0.25) is 4.79 Å². The number of hydrogen-bond donors (Lipinski definition) is 2. The van der Waals surface area contributed by atoms with E-state index in [-0.39, 0.29) is 17.4 Å². The smallest absolute Gasteiger partial charge is 0.221 e. The molecule has 3 N–H and O–H groups in total. The first-order valence-electron chi connectivity index (χ1n) is 6.85. The Morgan fingerprint density at radius 1 is 1.35 bits per heavy atom. The van der Waals surface area contributed by atoms with Crippen molar-refractivity contribution in [3.8, 4) is 0 Å².